The van der Waals surface area contributed by atoms with Crippen LogP contribution in [0.25, 0.3) is 16.5 Å². The molecule has 0 amide bonds. The number of pyridine rings is 1. The van der Waals surface area contributed by atoms with E-state index in [1.54, 1.807) is 0 Å². The molecule has 17 heavy (non-hydrogen) atoms. The molecule has 0 unspecified atom stereocenters. The lowest BCUT2D eigenvalue weighted by Crippen LogP contribution is -2.01. The summed E-state index contributed by atoms with van der Waals surface area (Å²) in [6, 6.07) is 7.38. The van der Waals surface area contributed by atoms with Crippen LogP contribution in [0.2, 0.25) is 0 Å². The number of fused-ring (bicyclic) bond motifs is 1. The number of hydrogen-bond acceptors (Lipinski definition) is 3. The molecule has 0 spiro atoms. The summed E-state index contributed by atoms with van der Waals surface area (Å²) in [4.78, 5) is 15.1. The number of hydrogen-bond donors (Lipinski definition) is 1. The molecule has 1 aromatic carbocycles. The summed E-state index contributed by atoms with van der Waals surface area (Å²) in [5.41, 5.74) is 1.13. The van der Waals surface area contributed by atoms with Crippen LogP contribution in [0.15, 0.2) is 37.0 Å². The lowest BCUT2D eigenvalue weighted by Gasteiger charge is -2.10. The number of carboxylic acids is 1. The van der Waals surface area contributed by atoms with Crippen LogP contribution in [0.5, 0.6) is 5.75 Å². The Labute approximate surface area is 98.2 Å². The van der Waals surface area contributed by atoms with E-state index in [4.69, 9.17) is 9.84 Å². The number of carboxylic acid groups (broad SMARTS) is 1. The standard InChI is InChI=1S/C13H11NO3/c1-8(13(15)16)10-7-14-11-6-4-3-5-9(11)12(10)17-2/h3-7H,1H2,2H3,(H,15,16). The molecular formula is C13H11NO3. The minimum absolute atomic E-state index is 0.0277. The topological polar surface area (TPSA) is 59.4 Å². The fraction of sp³-hybridized carbons (Fsp3) is 0.0769. The van der Waals surface area contributed by atoms with E-state index in [1.165, 1.54) is 13.3 Å². The summed E-state index contributed by atoms with van der Waals surface area (Å²) >= 11 is 0. The van der Waals surface area contributed by atoms with Crippen molar-refractivity contribution in [1.29, 1.82) is 0 Å². The number of carbonyl (C=O) groups is 1. The van der Waals surface area contributed by atoms with Crippen LogP contribution < -0.4 is 4.74 Å². The SMILES string of the molecule is C=C(C(=O)O)c1cnc2ccccc2c1OC. The Balaban J connectivity index is 2.73. The molecule has 0 aliphatic carbocycles. The van der Waals surface area contributed by atoms with E-state index >= 15 is 0 Å². The second-order valence-electron chi connectivity index (χ2n) is 3.51. The summed E-state index contributed by atoms with van der Waals surface area (Å²) in [6.45, 7) is 3.52. The summed E-state index contributed by atoms with van der Waals surface area (Å²) in [5, 5.41) is 9.72. The van der Waals surface area contributed by atoms with Gasteiger partial charge in [-0.15, -0.1) is 0 Å². The fourth-order valence-electron chi connectivity index (χ4n) is 1.67. The molecule has 0 atom stereocenters. The lowest BCUT2D eigenvalue weighted by molar-refractivity contribution is -0.130. The van der Waals surface area contributed by atoms with Crippen LogP contribution >= 0.6 is 0 Å². The van der Waals surface area contributed by atoms with Gasteiger partial charge in [0.1, 0.15) is 5.75 Å². The van der Waals surface area contributed by atoms with Gasteiger partial charge in [-0.1, -0.05) is 18.7 Å². The molecule has 2 aromatic rings. The Morgan fingerprint density at radius 3 is 2.76 bits per heavy atom. The van der Waals surface area contributed by atoms with Crippen molar-refractivity contribution in [1.82, 2.24) is 4.98 Å². The third-order valence-corrected chi connectivity index (χ3v) is 2.51. The number of nitrogens with zero attached hydrogens (tertiary/aromatic N) is 1. The van der Waals surface area contributed by atoms with Crippen molar-refractivity contribution < 1.29 is 14.6 Å². The highest BCUT2D eigenvalue weighted by Crippen LogP contribution is 2.31. The van der Waals surface area contributed by atoms with Gasteiger partial charge in [-0.05, 0) is 12.1 Å². The maximum absolute atomic E-state index is 10.9. The predicted molar refractivity (Wildman–Crippen MR) is 65.0 cm³/mol. The number of aromatic nitrogens is 1. The second kappa shape index (κ2) is 4.25. The van der Waals surface area contributed by atoms with Crippen molar-refractivity contribution in [2.45, 2.75) is 0 Å². The molecular weight excluding hydrogens is 218 g/mol. The number of ether oxygens (including phenoxy) is 1. The van der Waals surface area contributed by atoms with E-state index in [9.17, 15) is 4.79 Å². The molecule has 86 valence electrons. The molecule has 0 saturated heterocycles. The third kappa shape index (κ3) is 1.85. The van der Waals surface area contributed by atoms with E-state index in [-0.39, 0.29) is 5.57 Å². The largest absolute Gasteiger partial charge is 0.495 e. The highest BCUT2D eigenvalue weighted by molar-refractivity contribution is 6.16. The smallest absolute Gasteiger partial charge is 0.335 e. The van der Waals surface area contributed by atoms with Crippen LogP contribution in [0.4, 0.5) is 0 Å². The van der Waals surface area contributed by atoms with E-state index in [2.05, 4.69) is 11.6 Å². The van der Waals surface area contributed by atoms with Crippen molar-refractivity contribution >= 4 is 22.4 Å². The van der Waals surface area contributed by atoms with E-state index in [0.717, 1.165) is 10.9 Å². The molecule has 1 aromatic heterocycles. The van der Waals surface area contributed by atoms with Gasteiger partial charge in [0.15, 0.2) is 0 Å². The van der Waals surface area contributed by atoms with E-state index in [0.29, 0.717) is 11.3 Å². The van der Waals surface area contributed by atoms with Gasteiger partial charge in [0.25, 0.3) is 0 Å². The molecule has 0 aliphatic heterocycles. The molecule has 0 fully saturated rings. The molecule has 0 aliphatic rings. The van der Waals surface area contributed by atoms with Crippen molar-refractivity contribution in [3.8, 4) is 5.75 Å². The number of methoxy groups -OCH3 is 1. The van der Waals surface area contributed by atoms with Gasteiger partial charge < -0.3 is 9.84 Å². The molecule has 0 radical (unpaired) electrons. The summed E-state index contributed by atoms with van der Waals surface area (Å²) in [6.07, 6.45) is 1.47. The molecule has 2 rings (SSSR count). The Hall–Kier alpha value is -2.36. The zero-order valence-corrected chi connectivity index (χ0v) is 9.30. The molecule has 4 nitrogen and oxygen atoms in total. The minimum Gasteiger partial charge on any atom is -0.495 e. The maximum Gasteiger partial charge on any atom is 0.335 e. The maximum atomic E-state index is 10.9. The van der Waals surface area contributed by atoms with Gasteiger partial charge in [0.2, 0.25) is 0 Å². The minimum atomic E-state index is -1.08. The average molecular weight is 229 g/mol. The van der Waals surface area contributed by atoms with Crippen LogP contribution in [-0.2, 0) is 4.79 Å². The second-order valence-corrected chi connectivity index (χ2v) is 3.51. The van der Waals surface area contributed by atoms with Crippen LogP contribution in [0.1, 0.15) is 5.56 Å². The number of para-hydroxylation sites is 1. The third-order valence-electron chi connectivity index (χ3n) is 2.51. The molecule has 1 N–H and O–H groups in total. The molecule has 1 heterocycles. The van der Waals surface area contributed by atoms with Crippen LogP contribution in [0, 0.1) is 0 Å². The first-order valence-electron chi connectivity index (χ1n) is 4.99. The Morgan fingerprint density at radius 1 is 1.41 bits per heavy atom. The van der Waals surface area contributed by atoms with Gasteiger partial charge in [-0.2, -0.15) is 0 Å². The number of aliphatic carboxylic acids is 1. The Bertz CT molecular complexity index is 605. The van der Waals surface area contributed by atoms with Gasteiger partial charge in [0.05, 0.1) is 18.2 Å². The van der Waals surface area contributed by atoms with Gasteiger partial charge in [-0.25, -0.2) is 4.79 Å². The van der Waals surface area contributed by atoms with Crippen LogP contribution in [-0.4, -0.2) is 23.2 Å². The zero-order chi connectivity index (χ0) is 12.4. The lowest BCUT2D eigenvalue weighted by atomic mass is 10.1. The quantitative estimate of drug-likeness (QED) is 0.820. The van der Waals surface area contributed by atoms with Crippen molar-refractivity contribution in [3.05, 3.63) is 42.6 Å². The number of rotatable bonds is 3. The first kappa shape index (κ1) is 11.1. The normalized spacial score (nSPS) is 10.2. The number of benzene rings is 1. The highest BCUT2D eigenvalue weighted by atomic mass is 16.5. The van der Waals surface area contributed by atoms with Gasteiger partial charge in [0, 0.05) is 17.1 Å². The van der Waals surface area contributed by atoms with Gasteiger partial charge >= 0.3 is 5.97 Å². The predicted octanol–water partition coefficient (Wildman–Crippen LogP) is 2.34. The average Bonchev–Trinajstić information content (AvgIpc) is 2.36. The molecule has 4 heteroatoms. The Kier molecular flexibility index (Phi) is 2.78. The van der Waals surface area contributed by atoms with E-state index < -0.39 is 5.97 Å². The van der Waals surface area contributed by atoms with Crippen molar-refractivity contribution in [2.75, 3.05) is 7.11 Å². The summed E-state index contributed by atoms with van der Waals surface area (Å²) in [7, 11) is 1.50. The first-order chi connectivity index (χ1) is 8.15. The summed E-state index contributed by atoms with van der Waals surface area (Å²) < 4.78 is 5.27. The van der Waals surface area contributed by atoms with Crippen molar-refractivity contribution in [3.63, 3.8) is 0 Å². The zero-order valence-electron chi connectivity index (χ0n) is 9.30. The Morgan fingerprint density at radius 2 is 2.12 bits per heavy atom. The van der Waals surface area contributed by atoms with Crippen molar-refractivity contribution in [2.24, 2.45) is 0 Å². The highest BCUT2D eigenvalue weighted by Gasteiger charge is 2.15. The van der Waals surface area contributed by atoms with E-state index in [1.807, 2.05) is 24.3 Å². The first-order valence-corrected chi connectivity index (χ1v) is 4.99. The fourth-order valence-corrected chi connectivity index (χ4v) is 1.67. The summed E-state index contributed by atoms with van der Waals surface area (Å²) in [5.74, 6) is -0.594. The molecule has 0 saturated carbocycles. The van der Waals surface area contributed by atoms with Crippen LogP contribution in [0.3, 0.4) is 0 Å². The molecule has 0 bridgehead atoms. The van der Waals surface area contributed by atoms with Gasteiger partial charge in [-0.3, -0.25) is 4.98 Å². The monoisotopic (exact) mass is 229 g/mol.